The van der Waals surface area contributed by atoms with E-state index in [0.29, 0.717) is 19.8 Å². The molecule has 0 unspecified atom stereocenters. The molecule has 8 heteroatoms. The maximum atomic E-state index is 12.6. The van der Waals surface area contributed by atoms with Crippen LogP contribution in [0.15, 0.2) is 0 Å². The Kier molecular flexibility index (Phi) is 14.5. The van der Waals surface area contributed by atoms with Crippen LogP contribution >= 0.6 is 0 Å². The minimum absolute atomic E-state index is 0.106. The van der Waals surface area contributed by atoms with E-state index < -0.39 is 10.8 Å². The second kappa shape index (κ2) is 16.1. The highest BCUT2D eigenvalue weighted by molar-refractivity contribution is 5.76. The molecule has 1 heterocycles. The third kappa shape index (κ3) is 12.7. The molecule has 1 fully saturated rings. The Bertz CT molecular complexity index is 603. The lowest BCUT2D eigenvalue weighted by Crippen LogP contribution is -2.40. The second-order valence-corrected chi connectivity index (χ2v) is 10.9. The standard InChI is InChI=1S/C27H49NO7/c1-26(2,24(30)32-5)15-11-7-9-13-22(35-23(29)21-28-17-19-34-20-18-28)14-10-8-12-16-27(3,4)25(31)33-6/h22H,7-21H2,1-6H3. The molecule has 0 atom stereocenters. The largest absolute Gasteiger partial charge is 0.469 e. The Hall–Kier alpha value is -1.67. The Morgan fingerprint density at radius 2 is 1.23 bits per heavy atom. The first-order chi connectivity index (χ1) is 16.5. The monoisotopic (exact) mass is 499 g/mol. The molecule has 0 N–H and O–H groups in total. The molecule has 0 aliphatic carbocycles. The molecule has 204 valence electrons. The number of unbranched alkanes of at least 4 members (excludes halogenated alkanes) is 4. The molecule has 35 heavy (non-hydrogen) atoms. The van der Waals surface area contributed by atoms with Gasteiger partial charge in [-0.1, -0.05) is 25.7 Å². The topological polar surface area (TPSA) is 91.4 Å². The summed E-state index contributed by atoms with van der Waals surface area (Å²) < 4.78 is 21.0. The van der Waals surface area contributed by atoms with Crippen LogP contribution < -0.4 is 0 Å². The molecule has 1 aliphatic rings. The zero-order chi connectivity index (χ0) is 26.3. The minimum atomic E-state index is -0.475. The summed E-state index contributed by atoms with van der Waals surface area (Å²) in [6, 6.07) is 0. The van der Waals surface area contributed by atoms with Gasteiger partial charge in [0.2, 0.25) is 0 Å². The lowest BCUT2D eigenvalue weighted by molar-refractivity contribution is -0.153. The van der Waals surface area contributed by atoms with Crippen LogP contribution in [0, 0.1) is 10.8 Å². The first-order valence-electron chi connectivity index (χ1n) is 13.2. The Labute approximate surface area is 212 Å². The maximum absolute atomic E-state index is 12.6. The smallest absolute Gasteiger partial charge is 0.320 e. The number of nitrogens with zero attached hydrogens (tertiary/aromatic N) is 1. The number of esters is 3. The van der Waals surface area contributed by atoms with Crippen LogP contribution in [-0.2, 0) is 33.3 Å². The van der Waals surface area contributed by atoms with E-state index in [9.17, 15) is 14.4 Å². The van der Waals surface area contributed by atoms with Crippen LogP contribution in [0.4, 0.5) is 0 Å². The van der Waals surface area contributed by atoms with Gasteiger partial charge in [-0.25, -0.2) is 0 Å². The molecular weight excluding hydrogens is 450 g/mol. The van der Waals surface area contributed by atoms with E-state index in [1.807, 2.05) is 27.7 Å². The third-order valence-corrected chi connectivity index (χ3v) is 6.89. The van der Waals surface area contributed by atoms with Crippen LogP contribution in [0.25, 0.3) is 0 Å². The summed E-state index contributed by atoms with van der Waals surface area (Å²) in [5.74, 6) is -0.527. The van der Waals surface area contributed by atoms with E-state index in [1.54, 1.807) is 0 Å². The summed E-state index contributed by atoms with van der Waals surface area (Å²) in [6.07, 6.45) is 8.79. The van der Waals surface area contributed by atoms with Crippen molar-refractivity contribution in [3.05, 3.63) is 0 Å². The molecule has 1 aliphatic heterocycles. The average Bonchev–Trinajstić information content (AvgIpc) is 2.82. The third-order valence-electron chi connectivity index (χ3n) is 6.89. The average molecular weight is 500 g/mol. The quantitative estimate of drug-likeness (QED) is 0.164. The van der Waals surface area contributed by atoms with Crippen molar-refractivity contribution in [1.82, 2.24) is 4.90 Å². The fraction of sp³-hybridized carbons (Fsp3) is 0.889. The maximum Gasteiger partial charge on any atom is 0.320 e. The number of hydrogen-bond donors (Lipinski definition) is 0. The van der Waals surface area contributed by atoms with Gasteiger partial charge in [-0.2, -0.15) is 0 Å². The molecule has 1 saturated heterocycles. The fourth-order valence-electron chi connectivity index (χ4n) is 4.42. The number of ether oxygens (including phenoxy) is 4. The number of methoxy groups -OCH3 is 2. The number of morpholine rings is 1. The van der Waals surface area contributed by atoms with Crippen molar-refractivity contribution in [2.45, 2.75) is 98.0 Å². The van der Waals surface area contributed by atoms with Gasteiger partial charge in [-0.15, -0.1) is 0 Å². The Balaban J connectivity index is 2.46. The van der Waals surface area contributed by atoms with E-state index in [4.69, 9.17) is 18.9 Å². The summed E-state index contributed by atoms with van der Waals surface area (Å²) in [7, 11) is 2.85. The predicted octanol–water partition coefficient (Wildman–Crippen LogP) is 4.53. The first-order valence-corrected chi connectivity index (χ1v) is 13.2. The predicted molar refractivity (Wildman–Crippen MR) is 135 cm³/mol. The molecule has 1 rings (SSSR count). The SMILES string of the molecule is COC(=O)C(C)(C)CCCCCC(CCCCCC(C)(C)C(=O)OC)OC(=O)CN1CCOCC1. The van der Waals surface area contributed by atoms with Crippen molar-refractivity contribution in [1.29, 1.82) is 0 Å². The molecule has 0 aromatic rings. The number of hydrogen-bond acceptors (Lipinski definition) is 8. The van der Waals surface area contributed by atoms with Gasteiger partial charge in [0.25, 0.3) is 0 Å². The molecule has 0 aromatic heterocycles. The summed E-state index contributed by atoms with van der Waals surface area (Å²) in [4.78, 5) is 38.4. The normalized spacial score (nSPS) is 15.2. The van der Waals surface area contributed by atoms with Crippen molar-refractivity contribution < 1.29 is 33.3 Å². The molecule has 0 spiro atoms. The van der Waals surface area contributed by atoms with E-state index in [0.717, 1.165) is 77.3 Å². The van der Waals surface area contributed by atoms with Crippen molar-refractivity contribution in [3.8, 4) is 0 Å². The van der Waals surface area contributed by atoms with Gasteiger partial charge in [0, 0.05) is 13.1 Å². The minimum Gasteiger partial charge on any atom is -0.469 e. The second-order valence-electron chi connectivity index (χ2n) is 10.9. The van der Waals surface area contributed by atoms with Gasteiger partial charge < -0.3 is 18.9 Å². The zero-order valence-electron chi connectivity index (χ0n) is 23.0. The van der Waals surface area contributed by atoms with Gasteiger partial charge in [0.1, 0.15) is 6.10 Å². The zero-order valence-corrected chi connectivity index (χ0v) is 23.0. The van der Waals surface area contributed by atoms with E-state index in [-0.39, 0.29) is 24.0 Å². The highest BCUT2D eigenvalue weighted by atomic mass is 16.5. The molecule has 0 bridgehead atoms. The molecule has 0 aromatic carbocycles. The highest BCUT2D eigenvalue weighted by Gasteiger charge is 2.29. The van der Waals surface area contributed by atoms with Gasteiger partial charge in [-0.05, 0) is 66.2 Å². The summed E-state index contributed by atoms with van der Waals surface area (Å²) in [5, 5.41) is 0. The number of rotatable bonds is 17. The van der Waals surface area contributed by atoms with Gasteiger partial charge in [0.05, 0.1) is 44.8 Å². The molecular formula is C27H49NO7. The van der Waals surface area contributed by atoms with E-state index in [1.165, 1.54) is 14.2 Å². The van der Waals surface area contributed by atoms with Gasteiger partial charge in [0.15, 0.2) is 0 Å². The number of carbonyl (C=O) groups excluding carboxylic acids is 3. The highest BCUT2D eigenvalue weighted by Crippen LogP contribution is 2.27. The van der Waals surface area contributed by atoms with Crippen molar-refractivity contribution >= 4 is 17.9 Å². The van der Waals surface area contributed by atoms with Crippen molar-refractivity contribution in [3.63, 3.8) is 0 Å². The number of carbonyl (C=O) groups is 3. The van der Waals surface area contributed by atoms with Crippen molar-refractivity contribution in [2.24, 2.45) is 10.8 Å². The van der Waals surface area contributed by atoms with E-state index in [2.05, 4.69) is 4.90 Å². The first kappa shape index (κ1) is 31.4. The van der Waals surface area contributed by atoms with Gasteiger partial charge >= 0.3 is 17.9 Å². The Morgan fingerprint density at radius 3 is 1.66 bits per heavy atom. The van der Waals surface area contributed by atoms with Crippen LogP contribution in [-0.4, -0.2) is 76.0 Å². The van der Waals surface area contributed by atoms with Crippen LogP contribution in [0.2, 0.25) is 0 Å². The van der Waals surface area contributed by atoms with E-state index >= 15 is 0 Å². The summed E-state index contributed by atoms with van der Waals surface area (Å²) in [5.41, 5.74) is -0.951. The molecule has 8 nitrogen and oxygen atoms in total. The summed E-state index contributed by atoms with van der Waals surface area (Å²) >= 11 is 0. The van der Waals surface area contributed by atoms with Crippen molar-refractivity contribution in [2.75, 3.05) is 47.1 Å². The molecule has 0 saturated carbocycles. The molecule has 0 radical (unpaired) electrons. The Morgan fingerprint density at radius 1 is 0.771 bits per heavy atom. The fourth-order valence-corrected chi connectivity index (χ4v) is 4.42. The van der Waals surface area contributed by atoms with Crippen LogP contribution in [0.1, 0.15) is 91.9 Å². The van der Waals surface area contributed by atoms with Crippen LogP contribution in [0.5, 0.6) is 0 Å². The lowest BCUT2D eigenvalue weighted by atomic mass is 9.86. The molecule has 0 amide bonds. The van der Waals surface area contributed by atoms with Gasteiger partial charge in [-0.3, -0.25) is 19.3 Å². The summed E-state index contributed by atoms with van der Waals surface area (Å²) in [6.45, 7) is 10.8. The lowest BCUT2D eigenvalue weighted by Gasteiger charge is -2.27. The van der Waals surface area contributed by atoms with Crippen LogP contribution in [0.3, 0.4) is 0 Å².